The molecule has 0 radical (unpaired) electrons. The van der Waals surface area contributed by atoms with E-state index in [-0.39, 0.29) is 18.7 Å². The first-order chi connectivity index (χ1) is 9.74. The standard InChI is InChI=1S/C16H26N2O2/c1-3-15(12-19)17-13(2)14-4-6-16(7-5-14)18-8-10-20-11-9-18/h4-7,13,15,17,19H,3,8-12H2,1-2H3. The summed E-state index contributed by atoms with van der Waals surface area (Å²) in [6, 6.07) is 9.13. The van der Waals surface area contributed by atoms with Gasteiger partial charge in [0.1, 0.15) is 0 Å². The largest absolute Gasteiger partial charge is 0.395 e. The molecule has 1 saturated heterocycles. The van der Waals surface area contributed by atoms with Gasteiger partial charge >= 0.3 is 0 Å². The van der Waals surface area contributed by atoms with Crippen LogP contribution in [0.5, 0.6) is 0 Å². The molecule has 20 heavy (non-hydrogen) atoms. The number of ether oxygens (including phenoxy) is 1. The third kappa shape index (κ3) is 3.95. The van der Waals surface area contributed by atoms with E-state index < -0.39 is 0 Å². The smallest absolute Gasteiger partial charge is 0.0642 e. The molecule has 0 aromatic heterocycles. The summed E-state index contributed by atoms with van der Waals surface area (Å²) in [7, 11) is 0. The topological polar surface area (TPSA) is 44.7 Å². The summed E-state index contributed by atoms with van der Waals surface area (Å²) in [5.74, 6) is 0. The third-order valence-electron chi connectivity index (χ3n) is 3.97. The second-order valence-electron chi connectivity index (χ2n) is 5.37. The van der Waals surface area contributed by atoms with Crippen molar-refractivity contribution in [3.63, 3.8) is 0 Å². The van der Waals surface area contributed by atoms with Crippen LogP contribution < -0.4 is 10.2 Å². The zero-order valence-corrected chi connectivity index (χ0v) is 12.5. The number of hydrogen-bond acceptors (Lipinski definition) is 4. The van der Waals surface area contributed by atoms with Crippen LogP contribution >= 0.6 is 0 Å². The molecule has 0 amide bonds. The van der Waals surface area contributed by atoms with E-state index in [1.807, 2.05) is 0 Å². The number of anilines is 1. The second kappa shape index (κ2) is 7.62. The lowest BCUT2D eigenvalue weighted by molar-refractivity contribution is 0.122. The van der Waals surface area contributed by atoms with Crippen molar-refractivity contribution < 1.29 is 9.84 Å². The van der Waals surface area contributed by atoms with Crippen LogP contribution in [0.2, 0.25) is 0 Å². The Hall–Kier alpha value is -1.10. The van der Waals surface area contributed by atoms with Crippen molar-refractivity contribution in [1.29, 1.82) is 0 Å². The summed E-state index contributed by atoms with van der Waals surface area (Å²) in [6.07, 6.45) is 0.937. The zero-order valence-electron chi connectivity index (χ0n) is 12.5. The Labute approximate surface area is 121 Å². The molecule has 4 heteroatoms. The van der Waals surface area contributed by atoms with Crippen LogP contribution in [0.3, 0.4) is 0 Å². The molecule has 1 aromatic carbocycles. The highest BCUT2D eigenvalue weighted by molar-refractivity contribution is 5.48. The van der Waals surface area contributed by atoms with Crippen molar-refractivity contribution in [3.05, 3.63) is 29.8 Å². The van der Waals surface area contributed by atoms with Crippen LogP contribution in [0, 0.1) is 0 Å². The molecule has 2 unspecified atom stereocenters. The number of rotatable bonds is 6. The van der Waals surface area contributed by atoms with E-state index in [1.54, 1.807) is 0 Å². The molecule has 0 aliphatic carbocycles. The summed E-state index contributed by atoms with van der Waals surface area (Å²) >= 11 is 0. The van der Waals surface area contributed by atoms with Crippen molar-refractivity contribution in [1.82, 2.24) is 5.32 Å². The Morgan fingerprint density at radius 2 is 1.90 bits per heavy atom. The average Bonchev–Trinajstić information content (AvgIpc) is 2.53. The Morgan fingerprint density at radius 1 is 1.25 bits per heavy atom. The average molecular weight is 278 g/mol. The van der Waals surface area contributed by atoms with Crippen molar-refractivity contribution in [2.24, 2.45) is 0 Å². The minimum Gasteiger partial charge on any atom is -0.395 e. The van der Waals surface area contributed by atoms with Gasteiger partial charge in [-0.25, -0.2) is 0 Å². The molecule has 0 spiro atoms. The maximum Gasteiger partial charge on any atom is 0.0642 e. The molecule has 1 aliphatic heterocycles. The Morgan fingerprint density at radius 3 is 2.45 bits per heavy atom. The van der Waals surface area contributed by atoms with E-state index in [9.17, 15) is 5.11 Å². The lowest BCUT2D eigenvalue weighted by atomic mass is 10.1. The predicted octanol–water partition coefficient (Wildman–Crippen LogP) is 1.94. The van der Waals surface area contributed by atoms with Crippen molar-refractivity contribution >= 4 is 5.69 Å². The minimum absolute atomic E-state index is 0.170. The number of nitrogens with one attached hydrogen (secondary N) is 1. The molecule has 0 bridgehead atoms. The maximum absolute atomic E-state index is 9.26. The molecular formula is C16H26N2O2. The van der Waals surface area contributed by atoms with Gasteiger partial charge in [-0.15, -0.1) is 0 Å². The van der Waals surface area contributed by atoms with Crippen LogP contribution in [0.1, 0.15) is 31.9 Å². The first kappa shape index (κ1) is 15.3. The summed E-state index contributed by atoms with van der Waals surface area (Å²) in [5.41, 5.74) is 2.52. The van der Waals surface area contributed by atoms with E-state index in [0.717, 1.165) is 32.7 Å². The maximum atomic E-state index is 9.26. The number of aliphatic hydroxyl groups excluding tert-OH is 1. The van der Waals surface area contributed by atoms with Gasteiger partial charge < -0.3 is 20.1 Å². The quantitative estimate of drug-likeness (QED) is 0.835. The molecule has 1 fully saturated rings. The summed E-state index contributed by atoms with van der Waals surface area (Å²) in [5, 5.41) is 12.7. The monoisotopic (exact) mass is 278 g/mol. The van der Waals surface area contributed by atoms with Gasteiger partial charge in [-0.3, -0.25) is 0 Å². The predicted molar refractivity (Wildman–Crippen MR) is 82.2 cm³/mol. The number of nitrogens with zero attached hydrogens (tertiary/aromatic N) is 1. The molecule has 1 heterocycles. The number of aliphatic hydroxyl groups is 1. The minimum atomic E-state index is 0.170. The number of benzene rings is 1. The van der Waals surface area contributed by atoms with E-state index in [0.29, 0.717) is 0 Å². The molecule has 4 nitrogen and oxygen atoms in total. The molecular weight excluding hydrogens is 252 g/mol. The fourth-order valence-electron chi connectivity index (χ4n) is 2.54. The molecule has 1 aliphatic rings. The third-order valence-corrected chi connectivity index (χ3v) is 3.97. The highest BCUT2D eigenvalue weighted by atomic mass is 16.5. The van der Waals surface area contributed by atoms with Gasteiger partial charge in [-0.1, -0.05) is 19.1 Å². The van der Waals surface area contributed by atoms with Crippen LogP contribution in [0.25, 0.3) is 0 Å². The second-order valence-corrected chi connectivity index (χ2v) is 5.37. The van der Waals surface area contributed by atoms with Crippen molar-refractivity contribution in [3.8, 4) is 0 Å². The number of hydrogen-bond donors (Lipinski definition) is 2. The first-order valence-corrected chi connectivity index (χ1v) is 7.54. The van der Waals surface area contributed by atoms with Gasteiger partial charge in [0.25, 0.3) is 0 Å². The lowest BCUT2D eigenvalue weighted by Gasteiger charge is -2.29. The van der Waals surface area contributed by atoms with Crippen LogP contribution in [0.4, 0.5) is 5.69 Å². The van der Waals surface area contributed by atoms with Gasteiger partial charge in [0.2, 0.25) is 0 Å². The molecule has 2 N–H and O–H groups in total. The zero-order chi connectivity index (χ0) is 14.4. The SMILES string of the molecule is CCC(CO)NC(C)c1ccc(N2CCOCC2)cc1. The molecule has 112 valence electrons. The number of morpholine rings is 1. The highest BCUT2D eigenvalue weighted by Gasteiger charge is 2.13. The molecule has 1 aromatic rings. The van der Waals surface area contributed by atoms with Gasteiger partial charge in [0.05, 0.1) is 19.8 Å². The van der Waals surface area contributed by atoms with Crippen LogP contribution in [-0.4, -0.2) is 44.1 Å². The fraction of sp³-hybridized carbons (Fsp3) is 0.625. The van der Waals surface area contributed by atoms with Crippen molar-refractivity contribution in [2.45, 2.75) is 32.4 Å². The summed E-state index contributed by atoms with van der Waals surface area (Å²) in [6.45, 7) is 7.98. The Kier molecular flexibility index (Phi) is 5.83. The van der Waals surface area contributed by atoms with E-state index in [2.05, 4.69) is 48.3 Å². The van der Waals surface area contributed by atoms with E-state index >= 15 is 0 Å². The van der Waals surface area contributed by atoms with Crippen LogP contribution in [0.15, 0.2) is 24.3 Å². The normalized spacial score (nSPS) is 18.9. The van der Waals surface area contributed by atoms with Crippen molar-refractivity contribution in [2.75, 3.05) is 37.8 Å². The molecule has 2 rings (SSSR count). The van der Waals surface area contributed by atoms with Gasteiger partial charge in [0.15, 0.2) is 0 Å². The Balaban J connectivity index is 1.96. The fourth-order valence-corrected chi connectivity index (χ4v) is 2.54. The first-order valence-electron chi connectivity index (χ1n) is 7.54. The van der Waals surface area contributed by atoms with Gasteiger partial charge in [-0.2, -0.15) is 0 Å². The summed E-state index contributed by atoms with van der Waals surface area (Å²) in [4.78, 5) is 2.36. The molecule has 2 atom stereocenters. The molecule has 0 saturated carbocycles. The highest BCUT2D eigenvalue weighted by Crippen LogP contribution is 2.20. The van der Waals surface area contributed by atoms with E-state index in [4.69, 9.17) is 4.74 Å². The lowest BCUT2D eigenvalue weighted by Crippen LogP contribution is -2.36. The van der Waals surface area contributed by atoms with E-state index in [1.165, 1.54) is 11.3 Å². The summed E-state index contributed by atoms with van der Waals surface area (Å²) < 4.78 is 5.38. The van der Waals surface area contributed by atoms with Crippen LogP contribution in [-0.2, 0) is 4.74 Å². The Bertz CT molecular complexity index is 384. The van der Waals surface area contributed by atoms with Gasteiger partial charge in [0, 0.05) is 30.9 Å². The van der Waals surface area contributed by atoms with Gasteiger partial charge in [-0.05, 0) is 31.0 Å².